The van der Waals surface area contributed by atoms with Crippen LogP contribution in [-0.2, 0) is 10.0 Å². The molecule has 7 rings (SSSR count). The van der Waals surface area contributed by atoms with E-state index in [1.807, 2.05) is 29.5 Å². The number of ether oxygens (including phenoxy) is 2. The molecule has 0 radical (unpaired) electrons. The van der Waals surface area contributed by atoms with Crippen molar-refractivity contribution < 1.29 is 23.0 Å². The first kappa shape index (κ1) is 23.2. The highest BCUT2D eigenvalue weighted by atomic mass is 32.2. The number of β-amino-alcohol motifs (C(OH)–C–C–N with tert-alkyl or cyclic N) is 1. The Balaban J connectivity index is 1.44. The predicted molar refractivity (Wildman–Crippen MR) is 140 cm³/mol. The van der Waals surface area contributed by atoms with E-state index < -0.39 is 16.1 Å². The molecule has 0 bridgehead atoms. The normalized spacial score (nSPS) is 19.4. The van der Waals surface area contributed by atoms with Gasteiger partial charge < -0.3 is 19.9 Å². The Hall–Kier alpha value is -3.93. The summed E-state index contributed by atoms with van der Waals surface area (Å²) in [5, 5.41) is 13.6. The minimum atomic E-state index is -3.87. The van der Waals surface area contributed by atoms with Crippen LogP contribution >= 0.6 is 0 Å². The van der Waals surface area contributed by atoms with Crippen LogP contribution in [0.25, 0.3) is 27.9 Å². The fourth-order valence-corrected chi connectivity index (χ4v) is 6.50. The third-order valence-corrected chi connectivity index (χ3v) is 8.79. The van der Waals surface area contributed by atoms with Crippen molar-refractivity contribution in [1.82, 2.24) is 23.7 Å². The third-order valence-electron chi connectivity index (χ3n) is 7.11. The summed E-state index contributed by atoms with van der Waals surface area (Å²) in [5.41, 5.74) is 4.10. The van der Waals surface area contributed by atoms with Crippen molar-refractivity contribution in [3.63, 3.8) is 0 Å². The molecule has 1 fully saturated rings. The zero-order chi connectivity index (χ0) is 26.0. The summed E-state index contributed by atoms with van der Waals surface area (Å²) in [4.78, 5) is 9.80. The molecule has 2 aliphatic rings. The van der Waals surface area contributed by atoms with Crippen molar-refractivity contribution in [2.24, 2.45) is 0 Å². The highest BCUT2D eigenvalue weighted by Gasteiger charge is 2.30. The number of rotatable bonds is 4. The van der Waals surface area contributed by atoms with Gasteiger partial charge >= 0.3 is 0 Å². The Labute approximate surface area is 218 Å². The second kappa shape index (κ2) is 8.55. The van der Waals surface area contributed by atoms with Crippen LogP contribution in [0.1, 0.15) is 23.9 Å². The van der Waals surface area contributed by atoms with Gasteiger partial charge in [-0.15, -0.1) is 0 Å². The summed E-state index contributed by atoms with van der Waals surface area (Å²) in [6, 6.07) is 14.0. The molecular weight excluding hydrogens is 506 g/mol. The molecule has 2 N–H and O–H groups in total. The number of nitrogens with one attached hydrogen (secondary N) is 1. The number of aliphatic hydroxyl groups excluding tert-OH is 1. The second-order valence-corrected chi connectivity index (χ2v) is 11.5. The monoisotopic (exact) mass is 531 g/mol. The van der Waals surface area contributed by atoms with E-state index in [-0.39, 0.29) is 10.9 Å². The number of aryl methyl sites for hydroxylation is 1. The lowest BCUT2D eigenvalue weighted by Gasteiger charge is -2.18. The van der Waals surface area contributed by atoms with Gasteiger partial charge in [0.1, 0.15) is 19.0 Å². The molecule has 0 unspecified atom stereocenters. The number of fused-ring (bicyclic) bond motifs is 4. The first-order valence-electron chi connectivity index (χ1n) is 12.4. The summed E-state index contributed by atoms with van der Waals surface area (Å²) < 4.78 is 41.7. The van der Waals surface area contributed by atoms with E-state index in [2.05, 4.69) is 10.3 Å². The average Bonchev–Trinajstić information content (AvgIpc) is 3.65. The summed E-state index contributed by atoms with van der Waals surface area (Å²) in [5.74, 6) is 2.01. The van der Waals surface area contributed by atoms with Crippen LogP contribution in [0.2, 0.25) is 0 Å². The lowest BCUT2D eigenvalue weighted by Crippen LogP contribution is -2.17. The van der Waals surface area contributed by atoms with Gasteiger partial charge in [0.2, 0.25) is 0 Å². The largest absolute Gasteiger partial charge is 0.486 e. The van der Waals surface area contributed by atoms with Crippen molar-refractivity contribution in [1.29, 1.82) is 0 Å². The van der Waals surface area contributed by atoms with Crippen LogP contribution < -0.4 is 14.8 Å². The van der Waals surface area contributed by atoms with Gasteiger partial charge in [-0.3, -0.25) is 4.40 Å². The topological polar surface area (TPSA) is 120 Å². The van der Waals surface area contributed by atoms with Gasteiger partial charge in [-0.1, -0.05) is 17.7 Å². The molecule has 2 atom stereocenters. The summed E-state index contributed by atoms with van der Waals surface area (Å²) in [6.07, 6.45) is 3.18. The van der Waals surface area contributed by atoms with Crippen LogP contribution in [0, 0.1) is 6.92 Å². The molecule has 0 amide bonds. The van der Waals surface area contributed by atoms with E-state index >= 15 is 0 Å². The second-order valence-electron chi connectivity index (χ2n) is 9.64. The first-order chi connectivity index (χ1) is 18.4. The molecule has 0 spiro atoms. The highest BCUT2D eigenvalue weighted by Crippen LogP contribution is 2.38. The number of benzene rings is 2. The number of nitrogens with zero attached hydrogens (tertiary/aromatic N) is 4. The van der Waals surface area contributed by atoms with Gasteiger partial charge in [0.05, 0.1) is 40.0 Å². The molecule has 11 heteroatoms. The molecule has 5 aromatic rings. The van der Waals surface area contributed by atoms with Crippen LogP contribution in [0.3, 0.4) is 0 Å². The molecular formula is C27H25N5O5S. The fraction of sp³-hybridized carbons (Fsp3) is 0.259. The summed E-state index contributed by atoms with van der Waals surface area (Å²) in [7, 11) is -3.87. The molecule has 5 heterocycles. The van der Waals surface area contributed by atoms with E-state index in [9.17, 15) is 13.5 Å². The van der Waals surface area contributed by atoms with Crippen molar-refractivity contribution >= 4 is 26.7 Å². The SMILES string of the molecule is Cc1ccc(S(=O)(=O)n2ccc3c2ncc2c(-c4ccc5c(c4)OCCO5)nc([C@H]4C[C@@H](O)CN4)n23)cc1. The van der Waals surface area contributed by atoms with Gasteiger partial charge in [-0.2, -0.15) is 0 Å². The smallest absolute Gasteiger partial charge is 0.269 e. The molecule has 38 heavy (non-hydrogen) atoms. The molecule has 10 nitrogen and oxygen atoms in total. The fourth-order valence-electron chi connectivity index (χ4n) is 5.21. The van der Waals surface area contributed by atoms with Gasteiger partial charge in [0.25, 0.3) is 10.0 Å². The quantitative estimate of drug-likeness (QED) is 0.363. The van der Waals surface area contributed by atoms with Gasteiger partial charge in [0, 0.05) is 18.3 Å². The molecule has 0 saturated carbocycles. The first-order valence-corrected chi connectivity index (χ1v) is 13.9. The average molecular weight is 532 g/mol. The Kier molecular flexibility index (Phi) is 5.22. The van der Waals surface area contributed by atoms with Crippen molar-refractivity contribution in [2.75, 3.05) is 19.8 Å². The number of hydrogen-bond acceptors (Lipinski definition) is 8. The third kappa shape index (κ3) is 3.57. The number of imidazole rings is 1. The maximum atomic E-state index is 13.5. The van der Waals surface area contributed by atoms with E-state index in [1.54, 1.807) is 36.5 Å². The van der Waals surface area contributed by atoms with Crippen LogP contribution in [0.4, 0.5) is 0 Å². The molecule has 2 aliphatic heterocycles. The van der Waals surface area contributed by atoms with Crippen molar-refractivity contribution in [2.45, 2.75) is 30.4 Å². The van der Waals surface area contributed by atoms with E-state index in [0.29, 0.717) is 60.4 Å². The Morgan fingerprint density at radius 1 is 1.03 bits per heavy atom. The minimum absolute atomic E-state index is 0.186. The lowest BCUT2D eigenvalue weighted by molar-refractivity contribution is 0.171. The van der Waals surface area contributed by atoms with E-state index in [0.717, 1.165) is 16.6 Å². The Morgan fingerprint density at radius 2 is 1.82 bits per heavy atom. The summed E-state index contributed by atoms with van der Waals surface area (Å²) in [6.45, 7) is 3.34. The molecule has 2 aromatic carbocycles. The zero-order valence-corrected chi connectivity index (χ0v) is 21.4. The molecule has 1 saturated heterocycles. The molecule has 0 aliphatic carbocycles. The minimum Gasteiger partial charge on any atom is -0.486 e. The van der Waals surface area contributed by atoms with Crippen molar-refractivity contribution in [3.8, 4) is 22.8 Å². The zero-order valence-electron chi connectivity index (χ0n) is 20.5. The lowest BCUT2D eigenvalue weighted by atomic mass is 10.1. The highest BCUT2D eigenvalue weighted by molar-refractivity contribution is 7.90. The summed E-state index contributed by atoms with van der Waals surface area (Å²) >= 11 is 0. The maximum absolute atomic E-state index is 13.5. The van der Waals surface area contributed by atoms with Crippen molar-refractivity contribution in [3.05, 3.63) is 72.3 Å². The number of aliphatic hydroxyl groups is 1. The number of aromatic nitrogens is 4. The van der Waals surface area contributed by atoms with Gasteiger partial charge in [-0.05, 0) is 49.7 Å². The van der Waals surface area contributed by atoms with Gasteiger partial charge in [-0.25, -0.2) is 22.4 Å². The number of hydrogen-bond donors (Lipinski definition) is 2. The van der Waals surface area contributed by atoms with E-state index in [4.69, 9.17) is 14.5 Å². The Morgan fingerprint density at radius 3 is 2.58 bits per heavy atom. The standard InChI is InChI=1S/C27H25N5O5S/c1-16-2-5-19(6-3-16)38(34,35)31-9-8-21-27(31)29-15-22-25(17-4-7-23-24(12-17)37-11-10-36-23)30-26(32(21)22)20-13-18(33)14-28-20/h2-9,12,15,18,20,28,33H,10-11,13-14H2,1H3/t18-,20-/m1/s1. The molecule has 3 aromatic heterocycles. The van der Waals surface area contributed by atoms with Crippen LogP contribution in [0.5, 0.6) is 11.5 Å². The predicted octanol–water partition coefficient (Wildman–Crippen LogP) is 3.06. The van der Waals surface area contributed by atoms with E-state index in [1.165, 1.54) is 10.2 Å². The molecule has 194 valence electrons. The van der Waals surface area contributed by atoms with Crippen LogP contribution in [0.15, 0.2) is 65.8 Å². The van der Waals surface area contributed by atoms with Crippen LogP contribution in [-0.4, -0.2) is 57.7 Å². The van der Waals surface area contributed by atoms with Gasteiger partial charge in [0.15, 0.2) is 17.1 Å². The maximum Gasteiger partial charge on any atom is 0.269 e. The Bertz CT molecular complexity index is 1810.